The number of rotatable bonds is 12. The Kier molecular flexibility index (Phi) is 10.3. The average molecular weight is 276 g/mol. The molecule has 1 atom stereocenters. The van der Waals surface area contributed by atoms with Gasteiger partial charge in [-0.2, -0.15) is 0 Å². The predicted molar refractivity (Wildman–Crippen MR) is 87.8 cm³/mol. The van der Waals surface area contributed by atoms with Gasteiger partial charge in [0.1, 0.15) is 0 Å². The van der Waals surface area contributed by atoms with E-state index in [-0.39, 0.29) is 0 Å². The van der Waals surface area contributed by atoms with Crippen molar-refractivity contribution in [2.75, 3.05) is 0 Å². The number of aromatic nitrogens is 1. The fraction of sp³-hybridized carbons (Fsp3) is 0.737. The molecule has 0 aliphatic heterocycles. The molecule has 0 radical (unpaired) electrons. The lowest BCUT2D eigenvalue weighted by Crippen LogP contribution is -2.38. The van der Waals surface area contributed by atoms with E-state index in [1.165, 1.54) is 70.6 Å². The topological polar surface area (TPSA) is 3.88 Å². The van der Waals surface area contributed by atoms with Crippen LogP contribution in [0.1, 0.15) is 90.5 Å². The van der Waals surface area contributed by atoms with Crippen molar-refractivity contribution >= 4 is 0 Å². The lowest BCUT2D eigenvalue weighted by atomic mass is 10.0. The Balaban J connectivity index is 2.35. The minimum atomic E-state index is 0.717. The fourth-order valence-electron chi connectivity index (χ4n) is 2.89. The van der Waals surface area contributed by atoms with Crippen molar-refractivity contribution in [3.63, 3.8) is 0 Å². The first-order valence-electron chi connectivity index (χ1n) is 8.84. The van der Waals surface area contributed by atoms with Crippen LogP contribution in [0.5, 0.6) is 0 Å². The number of hydrogen-bond donors (Lipinski definition) is 0. The van der Waals surface area contributed by atoms with E-state index < -0.39 is 0 Å². The largest absolute Gasteiger partial charge is 0.202 e. The molecule has 0 aliphatic carbocycles. The Morgan fingerprint density at radius 1 is 0.650 bits per heavy atom. The number of hydrogen-bond acceptors (Lipinski definition) is 0. The molecule has 1 nitrogen and oxygen atoms in total. The number of unbranched alkanes of at least 4 members (excludes halogenated alkanes) is 7. The first-order chi connectivity index (χ1) is 9.88. The molecule has 0 bridgehead atoms. The second kappa shape index (κ2) is 11.9. The summed E-state index contributed by atoms with van der Waals surface area (Å²) < 4.78 is 2.44. The molecule has 20 heavy (non-hydrogen) atoms. The molecule has 1 aromatic rings. The summed E-state index contributed by atoms with van der Waals surface area (Å²) in [4.78, 5) is 0. The van der Waals surface area contributed by atoms with Crippen LogP contribution in [0, 0.1) is 0 Å². The molecule has 114 valence electrons. The lowest BCUT2D eigenvalue weighted by Gasteiger charge is -2.12. The third kappa shape index (κ3) is 7.67. The van der Waals surface area contributed by atoms with Gasteiger partial charge in [0.2, 0.25) is 0 Å². The summed E-state index contributed by atoms with van der Waals surface area (Å²) in [5, 5.41) is 0. The van der Waals surface area contributed by atoms with Gasteiger partial charge in [0.05, 0.1) is 0 Å². The van der Waals surface area contributed by atoms with Crippen molar-refractivity contribution in [2.24, 2.45) is 0 Å². The van der Waals surface area contributed by atoms with Crippen LogP contribution in [0.2, 0.25) is 0 Å². The molecule has 1 heterocycles. The Morgan fingerprint density at radius 3 is 1.70 bits per heavy atom. The molecular formula is C19H34N+. The molecule has 1 aromatic heterocycles. The van der Waals surface area contributed by atoms with Crippen LogP contribution in [0.25, 0.3) is 0 Å². The molecule has 1 unspecified atom stereocenters. The van der Waals surface area contributed by atoms with Crippen LogP contribution < -0.4 is 4.57 Å². The van der Waals surface area contributed by atoms with Crippen molar-refractivity contribution in [2.45, 2.75) is 90.5 Å². The second-order valence-electron chi connectivity index (χ2n) is 6.03. The third-order valence-electron chi connectivity index (χ3n) is 4.19. The van der Waals surface area contributed by atoms with Crippen LogP contribution >= 0.6 is 0 Å². The maximum atomic E-state index is 2.44. The quantitative estimate of drug-likeness (QED) is 0.333. The minimum absolute atomic E-state index is 0.717. The SMILES string of the molecule is CCCCCCCC(CCCCCC)[n+]1ccccc1. The molecule has 0 saturated heterocycles. The molecular weight excluding hydrogens is 242 g/mol. The number of nitrogens with zero attached hydrogens (tertiary/aromatic N) is 1. The van der Waals surface area contributed by atoms with E-state index in [9.17, 15) is 0 Å². The molecule has 0 N–H and O–H groups in total. The first-order valence-corrected chi connectivity index (χ1v) is 8.84. The van der Waals surface area contributed by atoms with Gasteiger partial charge in [0, 0.05) is 25.0 Å². The van der Waals surface area contributed by atoms with E-state index >= 15 is 0 Å². The molecule has 0 aliphatic rings. The Bertz CT molecular complexity index is 307. The predicted octanol–water partition coefficient (Wildman–Crippen LogP) is 5.85. The monoisotopic (exact) mass is 276 g/mol. The highest BCUT2D eigenvalue weighted by molar-refractivity contribution is 4.84. The van der Waals surface area contributed by atoms with Gasteiger partial charge in [-0.05, 0) is 12.8 Å². The van der Waals surface area contributed by atoms with Crippen LogP contribution in [0.4, 0.5) is 0 Å². The van der Waals surface area contributed by atoms with Gasteiger partial charge < -0.3 is 0 Å². The van der Waals surface area contributed by atoms with Gasteiger partial charge in [-0.3, -0.25) is 0 Å². The van der Waals surface area contributed by atoms with E-state index in [0.29, 0.717) is 0 Å². The zero-order valence-electron chi connectivity index (χ0n) is 13.7. The van der Waals surface area contributed by atoms with Gasteiger partial charge in [-0.15, -0.1) is 0 Å². The van der Waals surface area contributed by atoms with Crippen LogP contribution in [-0.4, -0.2) is 0 Å². The standard InChI is InChI=1S/C19H34N/c1-3-5-7-9-12-16-19(15-11-8-6-4-2)20-17-13-10-14-18-20/h10,13-14,17-19H,3-9,11-12,15-16H2,1-2H3/q+1. The summed E-state index contributed by atoms with van der Waals surface area (Å²) in [6.45, 7) is 4.58. The fourth-order valence-corrected chi connectivity index (χ4v) is 2.89. The van der Waals surface area contributed by atoms with E-state index in [1.807, 2.05) is 0 Å². The van der Waals surface area contributed by atoms with Gasteiger partial charge in [0.25, 0.3) is 0 Å². The zero-order valence-corrected chi connectivity index (χ0v) is 13.7. The molecule has 1 heteroatoms. The summed E-state index contributed by atoms with van der Waals surface area (Å²) in [6.07, 6.45) is 19.7. The van der Waals surface area contributed by atoms with E-state index in [4.69, 9.17) is 0 Å². The maximum absolute atomic E-state index is 2.44. The third-order valence-corrected chi connectivity index (χ3v) is 4.19. The van der Waals surface area contributed by atoms with Crippen molar-refractivity contribution in [1.29, 1.82) is 0 Å². The Morgan fingerprint density at radius 2 is 1.15 bits per heavy atom. The van der Waals surface area contributed by atoms with E-state index in [2.05, 4.69) is 49.0 Å². The molecule has 1 rings (SSSR count). The summed E-state index contributed by atoms with van der Waals surface area (Å²) in [6, 6.07) is 7.16. The first kappa shape index (κ1) is 17.2. The van der Waals surface area contributed by atoms with Crippen LogP contribution in [0.15, 0.2) is 30.6 Å². The van der Waals surface area contributed by atoms with Crippen LogP contribution in [0.3, 0.4) is 0 Å². The van der Waals surface area contributed by atoms with Crippen molar-refractivity contribution < 1.29 is 4.57 Å². The summed E-state index contributed by atoms with van der Waals surface area (Å²) in [7, 11) is 0. The Hall–Kier alpha value is -0.850. The van der Waals surface area contributed by atoms with Crippen LogP contribution in [-0.2, 0) is 0 Å². The van der Waals surface area contributed by atoms with Gasteiger partial charge in [-0.1, -0.05) is 64.9 Å². The summed E-state index contributed by atoms with van der Waals surface area (Å²) in [5.41, 5.74) is 0. The second-order valence-corrected chi connectivity index (χ2v) is 6.03. The highest BCUT2D eigenvalue weighted by Gasteiger charge is 2.16. The van der Waals surface area contributed by atoms with Crippen molar-refractivity contribution in [1.82, 2.24) is 0 Å². The maximum Gasteiger partial charge on any atom is 0.169 e. The minimum Gasteiger partial charge on any atom is -0.202 e. The van der Waals surface area contributed by atoms with E-state index in [0.717, 1.165) is 6.04 Å². The van der Waals surface area contributed by atoms with Gasteiger partial charge in [0.15, 0.2) is 18.4 Å². The van der Waals surface area contributed by atoms with Gasteiger partial charge >= 0.3 is 0 Å². The van der Waals surface area contributed by atoms with Gasteiger partial charge in [-0.25, -0.2) is 4.57 Å². The molecule has 0 amide bonds. The number of pyridine rings is 1. The zero-order chi connectivity index (χ0) is 14.5. The highest BCUT2D eigenvalue weighted by atomic mass is 15.0. The molecule has 0 spiro atoms. The normalized spacial score (nSPS) is 12.5. The van der Waals surface area contributed by atoms with Crippen molar-refractivity contribution in [3.05, 3.63) is 30.6 Å². The smallest absolute Gasteiger partial charge is 0.169 e. The molecule has 0 fully saturated rings. The lowest BCUT2D eigenvalue weighted by molar-refractivity contribution is -0.724. The molecule has 0 saturated carbocycles. The molecule has 0 aromatic carbocycles. The summed E-state index contributed by atoms with van der Waals surface area (Å²) in [5.74, 6) is 0. The summed E-state index contributed by atoms with van der Waals surface area (Å²) >= 11 is 0. The Labute approximate surface area is 126 Å². The van der Waals surface area contributed by atoms with E-state index in [1.54, 1.807) is 0 Å². The van der Waals surface area contributed by atoms with Crippen molar-refractivity contribution in [3.8, 4) is 0 Å². The highest BCUT2D eigenvalue weighted by Crippen LogP contribution is 2.18. The average Bonchev–Trinajstić information content (AvgIpc) is 2.50.